The predicted molar refractivity (Wildman–Crippen MR) is 201 cm³/mol. The second-order valence-electron chi connectivity index (χ2n) is 14.2. The number of thioether (sulfide) groups is 1. The van der Waals surface area contributed by atoms with Crippen LogP contribution in [0.4, 0.5) is 9.59 Å². The predicted octanol–water partition coefficient (Wildman–Crippen LogP) is 4.62. The van der Waals surface area contributed by atoms with Crippen molar-refractivity contribution in [3.05, 3.63) is 66.1 Å². The van der Waals surface area contributed by atoms with Crippen LogP contribution >= 0.6 is 11.8 Å². The number of imidazole rings is 1. The van der Waals surface area contributed by atoms with E-state index in [1.807, 2.05) is 23.6 Å². The van der Waals surface area contributed by atoms with E-state index in [1.54, 1.807) is 18.0 Å². The van der Waals surface area contributed by atoms with Gasteiger partial charge in [0.25, 0.3) is 0 Å². The minimum Gasteiger partial charge on any atom is -0.453 e. The molecule has 0 spiro atoms. The second kappa shape index (κ2) is 15.5. The summed E-state index contributed by atoms with van der Waals surface area (Å²) in [6, 6.07) is 15.2. The zero-order valence-corrected chi connectivity index (χ0v) is 31.2. The van der Waals surface area contributed by atoms with Gasteiger partial charge in [0.15, 0.2) is 0 Å². The summed E-state index contributed by atoms with van der Waals surface area (Å²) in [5, 5.41) is 9.05. The van der Waals surface area contributed by atoms with Gasteiger partial charge in [-0.15, -0.1) is 11.8 Å². The average molecular weight is 743 g/mol. The number of methoxy groups -OCH3 is 2. The van der Waals surface area contributed by atoms with Crippen molar-refractivity contribution in [2.45, 2.75) is 75.1 Å². The molecule has 0 radical (unpaired) electrons. The molecule has 53 heavy (non-hydrogen) atoms. The number of likely N-dealkylation sites (tertiary alicyclic amines) is 1. The quantitative estimate of drug-likeness (QED) is 0.244. The molecule has 0 aliphatic carbocycles. The Hall–Kier alpha value is -5.05. The maximum absolute atomic E-state index is 13.5. The van der Waals surface area contributed by atoms with Crippen molar-refractivity contribution in [3.63, 3.8) is 0 Å². The lowest BCUT2D eigenvalue weighted by Gasteiger charge is -2.37. The number of aromatic nitrogens is 2. The number of carbonyl (C=O) groups is 4. The van der Waals surface area contributed by atoms with Crippen LogP contribution in [-0.4, -0.2) is 106 Å². The van der Waals surface area contributed by atoms with Gasteiger partial charge in [0, 0.05) is 12.3 Å². The van der Waals surface area contributed by atoms with Crippen LogP contribution in [0.1, 0.15) is 63.0 Å². The molecule has 280 valence electrons. The fraction of sp³-hybridized carbons (Fsp3) is 0.474. The normalized spacial score (nSPS) is 24.4. The molecule has 0 saturated carbocycles. The number of hydrogen-bond acceptors (Lipinski definition) is 10. The second-order valence-corrected chi connectivity index (χ2v) is 15.4. The molecule has 6 atom stereocenters. The van der Waals surface area contributed by atoms with Crippen LogP contribution in [0.15, 0.2) is 59.7 Å². The molecule has 2 aromatic carbocycles. The van der Waals surface area contributed by atoms with Crippen molar-refractivity contribution in [1.82, 2.24) is 35.7 Å². The molecule has 4 amide bonds. The average Bonchev–Trinajstić information content (AvgIpc) is 4.01. The highest BCUT2D eigenvalue weighted by Gasteiger charge is 2.47. The Morgan fingerprint density at radius 3 is 2.32 bits per heavy atom. The molecule has 7 rings (SSSR count). The monoisotopic (exact) mass is 742 g/mol. The fourth-order valence-corrected chi connectivity index (χ4v) is 9.12. The van der Waals surface area contributed by atoms with Crippen LogP contribution in [0.25, 0.3) is 22.4 Å². The zero-order chi connectivity index (χ0) is 37.2. The lowest BCUT2D eigenvalue weighted by molar-refractivity contribution is -0.137. The summed E-state index contributed by atoms with van der Waals surface area (Å²) in [7, 11) is 2.59. The Balaban J connectivity index is 0.967. The summed E-state index contributed by atoms with van der Waals surface area (Å²) < 4.78 is 9.47. The maximum Gasteiger partial charge on any atom is 0.407 e. The number of alkyl carbamates (subject to hydrolysis) is 2. The first-order valence-electron chi connectivity index (χ1n) is 18.1. The molecule has 4 aliphatic rings. The molecule has 15 heteroatoms. The summed E-state index contributed by atoms with van der Waals surface area (Å²) in [6.45, 7) is 4.99. The van der Waals surface area contributed by atoms with Crippen LogP contribution in [0.5, 0.6) is 0 Å². The number of aliphatic imine (C=N–C) groups is 1. The van der Waals surface area contributed by atoms with Crippen LogP contribution < -0.4 is 16.0 Å². The number of aromatic amines is 1. The highest BCUT2D eigenvalue weighted by Crippen LogP contribution is 2.38. The molecule has 1 unspecified atom stereocenters. The van der Waals surface area contributed by atoms with Gasteiger partial charge in [0.05, 0.1) is 56.2 Å². The van der Waals surface area contributed by atoms with Gasteiger partial charge in [-0.2, -0.15) is 0 Å². The minimum absolute atomic E-state index is 0.00962. The first-order chi connectivity index (χ1) is 25.6. The number of amides is 4. The summed E-state index contributed by atoms with van der Waals surface area (Å²) in [5.74, 6) is 1.99. The van der Waals surface area contributed by atoms with Gasteiger partial charge in [-0.1, -0.05) is 62.4 Å². The number of H-pyrrole nitrogens is 1. The van der Waals surface area contributed by atoms with Crippen LogP contribution in [0.3, 0.4) is 0 Å². The Morgan fingerprint density at radius 1 is 0.925 bits per heavy atom. The van der Waals surface area contributed by atoms with Crippen molar-refractivity contribution in [1.29, 1.82) is 0 Å². The Kier molecular flexibility index (Phi) is 10.6. The fourth-order valence-electron chi connectivity index (χ4n) is 7.69. The molecule has 3 fully saturated rings. The molecule has 5 heterocycles. The molecule has 3 aromatic rings. The van der Waals surface area contributed by atoms with E-state index in [4.69, 9.17) is 14.5 Å². The number of piperidine rings is 1. The van der Waals surface area contributed by atoms with E-state index in [1.165, 1.54) is 14.2 Å². The highest BCUT2D eigenvalue weighted by molar-refractivity contribution is 8.00. The van der Waals surface area contributed by atoms with Gasteiger partial charge < -0.3 is 40.2 Å². The van der Waals surface area contributed by atoms with E-state index in [0.29, 0.717) is 19.5 Å². The number of fused-ring (bicyclic) bond motifs is 1. The topological polar surface area (TPSA) is 170 Å². The van der Waals surface area contributed by atoms with Crippen molar-refractivity contribution in [3.8, 4) is 22.4 Å². The molecule has 4 aliphatic heterocycles. The SMILES string of the molecule is COC(=O)N[C@H]1CC[C@@H]2SC[C@@H](C3=NCC(c4ccc(-c5ccc(-c6cnc([C@@H]7CCCN7C(=O)[C@@H](NC(=O)OC)C(C)C)[nH]6)cc5)cc4)N3)N2C1=O. The van der Waals surface area contributed by atoms with Crippen molar-refractivity contribution >= 4 is 41.6 Å². The van der Waals surface area contributed by atoms with E-state index in [0.717, 1.165) is 64.6 Å². The first-order valence-corrected chi connectivity index (χ1v) is 19.2. The summed E-state index contributed by atoms with van der Waals surface area (Å²) in [4.78, 5) is 67.2. The summed E-state index contributed by atoms with van der Waals surface area (Å²) >= 11 is 1.77. The number of carbonyl (C=O) groups excluding carboxylic acids is 4. The summed E-state index contributed by atoms with van der Waals surface area (Å²) in [6.07, 6.45) is 3.63. The molecular formula is C38H46N8O6S. The summed E-state index contributed by atoms with van der Waals surface area (Å²) in [5.41, 5.74) is 5.13. The smallest absolute Gasteiger partial charge is 0.407 e. The lowest BCUT2D eigenvalue weighted by atomic mass is 9.99. The van der Waals surface area contributed by atoms with Crippen molar-refractivity contribution in [2.75, 3.05) is 33.1 Å². The maximum atomic E-state index is 13.5. The van der Waals surface area contributed by atoms with Crippen LogP contribution in [0, 0.1) is 5.92 Å². The number of hydrogen-bond donors (Lipinski definition) is 4. The van der Waals surface area contributed by atoms with Crippen LogP contribution in [-0.2, 0) is 19.1 Å². The largest absolute Gasteiger partial charge is 0.453 e. The number of nitrogens with one attached hydrogen (secondary N) is 4. The van der Waals surface area contributed by atoms with Gasteiger partial charge in [0.2, 0.25) is 11.8 Å². The Labute approximate surface area is 312 Å². The van der Waals surface area contributed by atoms with Gasteiger partial charge in [0.1, 0.15) is 23.7 Å². The molecule has 0 bridgehead atoms. The number of amidine groups is 1. The van der Waals surface area contributed by atoms with Gasteiger partial charge in [-0.25, -0.2) is 14.6 Å². The van der Waals surface area contributed by atoms with E-state index >= 15 is 0 Å². The minimum atomic E-state index is -0.683. The van der Waals surface area contributed by atoms with E-state index < -0.39 is 24.3 Å². The molecular weight excluding hydrogens is 697 g/mol. The Bertz CT molecular complexity index is 1860. The third kappa shape index (κ3) is 7.44. The molecule has 1 aromatic heterocycles. The van der Waals surface area contributed by atoms with Crippen LogP contribution in [0.2, 0.25) is 0 Å². The molecule has 14 nitrogen and oxygen atoms in total. The van der Waals surface area contributed by atoms with E-state index in [2.05, 4.69) is 74.4 Å². The standard InChI is InChI=1S/C38H46N8O6S/c1-21(2)32(44-38(50)52-4)36(48)45-17-5-6-29(45)33-39-18-27(41-33)24-11-7-22(8-12-24)23-9-13-25(14-10-23)28-19-40-34(42-28)30-20-53-31-16-15-26(35(47)46(30)31)43-37(49)51-3/h7-14,18,21,26,28-32H,5-6,15-17,19-20H2,1-4H3,(H,39,41)(H,40,42)(H,43,49)(H,44,50)/t26-,28?,29-,30-,31-,32-/m0/s1. The number of nitrogens with zero attached hydrogens (tertiary/aromatic N) is 4. The van der Waals surface area contributed by atoms with E-state index in [-0.39, 0.29) is 41.2 Å². The van der Waals surface area contributed by atoms with Gasteiger partial charge in [-0.05, 0) is 53.9 Å². The van der Waals surface area contributed by atoms with Crippen molar-refractivity contribution < 1.29 is 28.7 Å². The molecule has 3 saturated heterocycles. The lowest BCUT2D eigenvalue weighted by Crippen LogP contribution is -2.58. The number of ether oxygens (including phenoxy) is 2. The number of benzene rings is 2. The zero-order valence-electron chi connectivity index (χ0n) is 30.3. The Morgan fingerprint density at radius 2 is 1.62 bits per heavy atom. The number of rotatable bonds is 9. The third-order valence-corrected chi connectivity index (χ3v) is 11.9. The highest BCUT2D eigenvalue weighted by atomic mass is 32.2. The van der Waals surface area contributed by atoms with Gasteiger partial charge in [-0.3, -0.25) is 14.6 Å². The van der Waals surface area contributed by atoms with E-state index in [9.17, 15) is 19.2 Å². The molecule has 4 N–H and O–H groups in total. The third-order valence-electron chi connectivity index (χ3n) is 10.6. The van der Waals surface area contributed by atoms with Gasteiger partial charge >= 0.3 is 12.2 Å². The first kappa shape index (κ1) is 36.3. The van der Waals surface area contributed by atoms with Crippen molar-refractivity contribution in [2.24, 2.45) is 10.9 Å².